The van der Waals surface area contributed by atoms with E-state index < -0.39 is 0 Å². The highest BCUT2D eigenvalue weighted by Gasteiger charge is 2.17. The summed E-state index contributed by atoms with van der Waals surface area (Å²) in [7, 11) is 3.32. The average molecular weight is 359 g/mol. The minimum Gasteiger partial charge on any atom is -0.457 e. The Hall–Kier alpha value is -2.56. The zero-order valence-corrected chi connectivity index (χ0v) is 16.0. The van der Waals surface area contributed by atoms with Crippen LogP contribution in [0.5, 0.6) is 11.5 Å². The second-order valence-corrected chi connectivity index (χ2v) is 7.30. The third-order valence-corrected chi connectivity index (χ3v) is 3.67. The van der Waals surface area contributed by atoms with Crippen molar-refractivity contribution in [3.05, 3.63) is 59.4 Å². The van der Waals surface area contributed by atoms with Crippen molar-refractivity contribution in [2.75, 3.05) is 14.1 Å². The van der Waals surface area contributed by atoms with Crippen LogP contribution in [0.1, 0.15) is 31.9 Å². The maximum atomic E-state index is 13.6. The monoisotopic (exact) mass is 359 g/mol. The maximum Gasteiger partial charge on any atom is 0.409 e. The van der Waals surface area contributed by atoms with Crippen molar-refractivity contribution in [1.29, 1.82) is 0 Å². The molecule has 0 radical (unpaired) electrons. The van der Waals surface area contributed by atoms with Gasteiger partial charge in [-0.3, -0.25) is 0 Å². The van der Waals surface area contributed by atoms with Gasteiger partial charge in [-0.05, 0) is 57.4 Å². The number of amides is 1. The van der Waals surface area contributed by atoms with Crippen LogP contribution in [0.25, 0.3) is 0 Å². The summed E-state index contributed by atoms with van der Waals surface area (Å²) < 4.78 is 24.3. The van der Waals surface area contributed by atoms with Gasteiger partial charge in [-0.1, -0.05) is 24.3 Å². The van der Waals surface area contributed by atoms with E-state index in [0.29, 0.717) is 17.7 Å². The highest BCUT2D eigenvalue weighted by molar-refractivity contribution is 5.67. The van der Waals surface area contributed by atoms with Gasteiger partial charge in [0.25, 0.3) is 0 Å². The second-order valence-electron chi connectivity index (χ2n) is 7.30. The number of rotatable bonds is 0. The molecule has 1 amide bonds. The summed E-state index contributed by atoms with van der Waals surface area (Å²) in [6, 6.07) is 12.9. The summed E-state index contributed by atoms with van der Waals surface area (Å²) in [5, 5.41) is 0. The Morgan fingerprint density at radius 1 is 1.04 bits per heavy atom. The van der Waals surface area contributed by atoms with Gasteiger partial charge < -0.3 is 14.4 Å². The summed E-state index contributed by atoms with van der Waals surface area (Å²) in [6.07, 6.45) is 1.22. The van der Waals surface area contributed by atoms with Crippen LogP contribution < -0.4 is 4.74 Å². The van der Waals surface area contributed by atoms with Crippen molar-refractivity contribution in [2.24, 2.45) is 0 Å². The number of benzene rings is 2. The van der Waals surface area contributed by atoms with Gasteiger partial charge in [-0.25, -0.2) is 9.18 Å². The molecule has 0 aliphatic carbocycles. The minimum absolute atomic E-state index is 0.176. The first kappa shape index (κ1) is 19.8. The minimum atomic E-state index is -0.388. The van der Waals surface area contributed by atoms with Crippen LogP contribution in [0.4, 0.5) is 9.18 Å². The van der Waals surface area contributed by atoms with Gasteiger partial charge in [-0.15, -0.1) is 0 Å². The van der Waals surface area contributed by atoms with Crippen molar-refractivity contribution in [1.82, 2.24) is 4.90 Å². The lowest BCUT2D eigenvalue weighted by Gasteiger charge is -2.22. The van der Waals surface area contributed by atoms with Gasteiger partial charge in [0.1, 0.15) is 22.9 Å². The molecule has 2 aromatic carbocycles. The summed E-state index contributed by atoms with van der Waals surface area (Å²) in [5.74, 6) is 1.31. The molecule has 140 valence electrons. The van der Waals surface area contributed by atoms with Crippen LogP contribution in [0.15, 0.2) is 42.5 Å². The highest BCUT2D eigenvalue weighted by Crippen LogP contribution is 2.34. The van der Waals surface area contributed by atoms with Crippen molar-refractivity contribution in [3.8, 4) is 11.5 Å². The Morgan fingerprint density at radius 3 is 2.31 bits per heavy atom. The number of para-hydroxylation sites is 1. The molecule has 0 aromatic heterocycles. The number of hydrogen-bond acceptors (Lipinski definition) is 3. The lowest BCUT2D eigenvalue weighted by molar-refractivity contribution is 0.0341. The molecule has 26 heavy (non-hydrogen) atoms. The number of carbonyl (C=O) groups is 1. The van der Waals surface area contributed by atoms with E-state index in [-0.39, 0.29) is 17.5 Å². The van der Waals surface area contributed by atoms with E-state index in [0.717, 1.165) is 17.7 Å². The largest absolute Gasteiger partial charge is 0.457 e. The van der Waals surface area contributed by atoms with Gasteiger partial charge in [0, 0.05) is 19.7 Å². The number of nitrogens with zero attached hydrogens (tertiary/aromatic N) is 1. The molecular formula is C21H26FNO3. The molecule has 0 unspecified atom stereocenters. The van der Waals surface area contributed by atoms with Crippen LogP contribution >= 0.6 is 0 Å². The first-order chi connectivity index (χ1) is 12.2. The van der Waals surface area contributed by atoms with Gasteiger partial charge >= 0.3 is 6.09 Å². The number of aryl methyl sites for hydroxylation is 1. The van der Waals surface area contributed by atoms with E-state index in [1.54, 1.807) is 20.2 Å². The second kappa shape index (κ2) is 8.21. The molecule has 4 nitrogen and oxygen atoms in total. The molecule has 0 saturated heterocycles. The molecule has 5 heteroatoms. The number of fused-ring (bicyclic) bond motifs is 2. The zero-order valence-electron chi connectivity index (χ0n) is 16.0. The zero-order chi connectivity index (χ0) is 19.3. The van der Waals surface area contributed by atoms with E-state index in [1.165, 1.54) is 11.0 Å². The molecule has 0 atom stereocenters. The number of ether oxygens (including phenoxy) is 2. The van der Waals surface area contributed by atoms with Crippen LogP contribution in [-0.2, 0) is 17.6 Å². The standard InChI is InChI=1S/C14H11FO.C7H15NO2/c15-12-5-3-7-14-11(12)9-8-10-4-1-2-6-13(10)16-14;1-7(2,3)10-6(9)8(4)5/h1-7H,8-9H2;1-5H3. The van der Waals surface area contributed by atoms with Crippen LogP contribution in [0.3, 0.4) is 0 Å². The Labute approximate surface area is 154 Å². The maximum absolute atomic E-state index is 13.6. The van der Waals surface area contributed by atoms with Gasteiger partial charge in [0.2, 0.25) is 0 Å². The summed E-state index contributed by atoms with van der Waals surface area (Å²) in [5.41, 5.74) is 1.43. The molecule has 0 N–H and O–H groups in total. The fraction of sp³-hybridized carbons (Fsp3) is 0.381. The Morgan fingerprint density at radius 2 is 1.69 bits per heavy atom. The Bertz CT molecular complexity index is 766. The average Bonchev–Trinajstić information content (AvgIpc) is 2.74. The molecular weight excluding hydrogens is 333 g/mol. The molecule has 0 fully saturated rings. The topological polar surface area (TPSA) is 38.8 Å². The highest BCUT2D eigenvalue weighted by atomic mass is 19.1. The summed E-state index contributed by atoms with van der Waals surface area (Å²) in [4.78, 5) is 12.3. The fourth-order valence-corrected chi connectivity index (χ4v) is 2.42. The van der Waals surface area contributed by atoms with E-state index in [2.05, 4.69) is 0 Å². The quantitative estimate of drug-likeness (QED) is 0.649. The Balaban J connectivity index is 0.000000213. The normalized spacial score (nSPS) is 12.4. The molecule has 0 bridgehead atoms. The van der Waals surface area contributed by atoms with Gasteiger partial charge in [0.15, 0.2) is 0 Å². The number of hydrogen-bond donors (Lipinski definition) is 0. The third kappa shape index (κ3) is 5.48. The molecule has 2 aromatic rings. The van der Waals surface area contributed by atoms with E-state index in [4.69, 9.17) is 9.47 Å². The number of halogens is 1. The Kier molecular flexibility index (Phi) is 6.24. The van der Waals surface area contributed by atoms with E-state index in [9.17, 15) is 9.18 Å². The summed E-state index contributed by atoms with van der Waals surface area (Å²) >= 11 is 0. The van der Waals surface area contributed by atoms with Crippen molar-refractivity contribution < 1.29 is 18.7 Å². The van der Waals surface area contributed by atoms with Crippen molar-refractivity contribution in [3.63, 3.8) is 0 Å². The summed E-state index contributed by atoms with van der Waals surface area (Å²) in [6.45, 7) is 5.52. The first-order valence-electron chi connectivity index (χ1n) is 8.61. The van der Waals surface area contributed by atoms with Crippen LogP contribution in [0.2, 0.25) is 0 Å². The van der Waals surface area contributed by atoms with Crippen molar-refractivity contribution >= 4 is 6.09 Å². The van der Waals surface area contributed by atoms with E-state index in [1.807, 2.05) is 51.1 Å². The lowest BCUT2D eigenvalue weighted by Crippen LogP contribution is -2.31. The van der Waals surface area contributed by atoms with E-state index >= 15 is 0 Å². The van der Waals surface area contributed by atoms with Crippen LogP contribution in [0, 0.1) is 5.82 Å². The predicted molar refractivity (Wildman–Crippen MR) is 100 cm³/mol. The fourth-order valence-electron chi connectivity index (χ4n) is 2.42. The molecule has 0 saturated carbocycles. The van der Waals surface area contributed by atoms with Crippen molar-refractivity contribution in [2.45, 2.75) is 39.2 Å². The van der Waals surface area contributed by atoms with Crippen LogP contribution in [-0.4, -0.2) is 30.7 Å². The molecule has 1 heterocycles. The van der Waals surface area contributed by atoms with Gasteiger partial charge in [-0.2, -0.15) is 0 Å². The molecule has 1 aliphatic rings. The molecule has 3 rings (SSSR count). The smallest absolute Gasteiger partial charge is 0.409 e. The predicted octanol–water partition coefficient (Wildman–Crippen LogP) is 5.20. The lowest BCUT2D eigenvalue weighted by atomic mass is 10.0. The van der Waals surface area contributed by atoms with Gasteiger partial charge in [0.05, 0.1) is 0 Å². The SMILES string of the molecule is CN(C)C(=O)OC(C)(C)C.Fc1cccc2c1CCc1ccccc1O2. The first-order valence-corrected chi connectivity index (χ1v) is 8.61. The molecule has 1 aliphatic heterocycles. The number of carbonyl (C=O) groups excluding carboxylic acids is 1. The molecule has 0 spiro atoms. The third-order valence-electron chi connectivity index (χ3n) is 3.67.